The highest BCUT2D eigenvalue weighted by Gasteiger charge is 2.38. The molecule has 90 valence electrons. The third kappa shape index (κ3) is 5.39. The Balaban J connectivity index is 0.000000293. The van der Waals surface area contributed by atoms with Gasteiger partial charge in [-0.3, -0.25) is 0 Å². The second kappa shape index (κ2) is 5.54. The summed E-state index contributed by atoms with van der Waals surface area (Å²) in [4.78, 5) is 19.0. The molecule has 0 amide bonds. The average molecular weight is 305 g/mol. The topological polar surface area (TPSA) is 87.7 Å². The van der Waals surface area contributed by atoms with Crippen molar-refractivity contribution in [1.29, 1.82) is 0 Å². The summed E-state index contributed by atoms with van der Waals surface area (Å²) < 4.78 is 36.8. The van der Waals surface area contributed by atoms with Crippen molar-refractivity contribution in [3.63, 3.8) is 0 Å². The van der Waals surface area contributed by atoms with Gasteiger partial charge in [0.25, 0.3) is 0 Å². The lowest BCUT2D eigenvalue weighted by atomic mass is 10.5. The molecule has 0 spiro atoms. The van der Waals surface area contributed by atoms with E-state index >= 15 is 0 Å². The van der Waals surface area contributed by atoms with Crippen molar-refractivity contribution in [2.75, 3.05) is 0 Å². The SMILES string of the molecule is O=C(O)C(F)(F)F.O=C(O)c1ccc(Br)o1. The van der Waals surface area contributed by atoms with Gasteiger partial charge in [0, 0.05) is 0 Å². The van der Waals surface area contributed by atoms with E-state index < -0.39 is 18.1 Å². The first kappa shape index (κ1) is 14.5. The molecular weight excluding hydrogens is 301 g/mol. The number of carboxylic acid groups (broad SMARTS) is 2. The second-order valence-electron chi connectivity index (χ2n) is 2.21. The van der Waals surface area contributed by atoms with Crippen molar-refractivity contribution in [2.45, 2.75) is 6.18 Å². The van der Waals surface area contributed by atoms with Crippen molar-refractivity contribution in [2.24, 2.45) is 0 Å². The van der Waals surface area contributed by atoms with Crippen LogP contribution in [0.25, 0.3) is 0 Å². The summed E-state index contributed by atoms with van der Waals surface area (Å²) in [6, 6.07) is 2.91. The summed E-state index contributed by atoms with van der Waals surface area (Å²) in [5.74, 6) is -3.87. The van der Waals surface area contributed by atoms with Gasteiger partial charge < -0.3 is 14.6 Å². The molecule has 0 aliphatic rings. The molecule has 5 nitrogen and oxygen atoms in total. The number of carboxylic acids is 2. The second-order valence-corrected chi connectivity index (χ2v) is 2.99. The van der Waals surface area contributed by atoms with Gasteiger partial charge in [0.15, 0.2) is 4.67 Å². The molecule has 0 aliphatic carbocycles. The molecule has 16 heavy (non-hydrogen) atoms. The first-order valence-electron chi connectivity index (χ1n) is 3.43. The minimum absolute atomic E-state index is 0.0538. The maximum atomic E-state index is 10.6. The summed E-state index contributed by atoms with van der Waals surface area (Å²) in [6.45, 7) is 0. The predicted octanol–water partition coefficient (Wildman–Crippen LogP) is 2.37. The summed E-state index contributed by atoms with van der Waals surface area (Å²) in [5.41, 5.74) is 0. The number of furan rings is 1. The highest BCUT2D eigenvalue weighted by Crippen LogP contribution is 2.13. The Morgan fingerprint density at radius 1 is 1.25 bits per heavy atom. The summed E-state index contributed by atoms with van der Waals surface area (Å²) >= 11 is 2.97. The van der Waals surface area contributed by atoms with Gasteiger partial charge in [0.1, 0.15) is 0 Å². The third-order valence-corrected chi connectivity index (χ3v) is 1.45. The molecule has 0 saturated heterocycles. The Morgan fingerprint density at radius 2 is 1.69 bits per heavy atom. The van der Waals surface area contributed by atoms with Crippen LogP contribution in [0.1, 0.15) is 10.6 Å². The molecule has 0 aromatic carbocycles. The predicted molar refractivity (Wildman–Crippen MR) is 47.1 cm³/mol. The quantitative estimate of drug-likeness (QED) is 0.831. The van der Waals surface area contributed by atoms with E-state index in [0.29, 0.717) is 4.67 Å². The Morgan fingerprint density at radius 3 is 1.81 bits per heavy atom. The fraction of sp³-hybridized carbons (Fsp3) is 0.143. The van der Waals surface area contributed by atoms with E-state index in [-0.39, 0.29) is 5.76 Å². The molecule has 0 radical (unpaired) electrons. The van der Waals surface area contributed by atoms with Crippen LogP contribution < -0.4 is 0 Å². The Kier molecular flexibility index (Phi) is 5.02. The number of hydrogen-bond acceptors (Lipinski definition) is 3. The van der Waals surface area contributed by atoms with Crippen LogP contribution in [0, 0.1) is 0 Å². The van der Waals surface area contributed by atoms with Gasteiger partial charge in [-0.05, 0) is 28.1 Å². The highest BCUT2D eigenvalue weighted by atomic mass is 79.9. The van der Waals surface area contributed by atoms with E-state index in [0.717, 1.165) is 0 Å². The number of alkyl halides is 3. The molecule has 0 unspecified atom stereocenters. The van der Waals surface area contributed by atoms with E-state index in [1.54, 1.807) is 0 Å². The number of carbonyl (C=O) groups is 2. The lowest BCUT2D eigenvalue weighted by molar-refractivity contribution is -0.192. The standard InChI is InChI=1S/C5H3BrO3.C2HF3O2/c6-4-2-1-3(9-4)5(7)8;3-2(4,5)1(6)7/h1-2H,(H,7,8);(H,6,7). The monoisotopic (exact) mass is 304 g/mol. The van der Waals surface area contributed by atoms with Crippen molar-refractivity contribution in [3.8, 4) is 0 Å². The number of hydrogen-bond donors (Lipinski definition) is 2. The average Bonchev–Trinajstić information content (AvgIpc) is 2.51. The first-order chi connectivity index (χ1) is 7.14. The smallest absolute Gasteiger partial charge is 0.475 e. The third-order valence-electron chi connectivity index (χ3n) is 1.03. The van der Waals surface area contributed by atoms with E-state index in [4.69, 9.17) is 15.0 Å². The van der Waals surface area contributed by atoms with Crippen LogP contribution in [0.5, 0.6) is 0 Å². The zero-order valence-corrected chi connectivity index (χ0v) is 8.87. The molecule has 1 aromatic heterocycles. The Bertz CT molecular complexity index is 384. The Hall–Kier alpha value is -1.51. The van der Waals surface area contributed by atoms with Gasteiger partial charge in [0.2, 0.25) is 5.76 Å². The lowest BCUT2D eigenvalue weighted by Gasteiger charge is -1.93. The highest BCUT2D eigenvalue weighted by molar-refractivity contribution is 9.10. The van der Waals surface area contributed by atoms with Gasteiger partial charge in [-0.25, -0.2) is 9.59 Å². The van der Waals surface area contributed by atoms with Crippen LogP contribution in [-0.2, 0) is 4.79 Å². The fourth-order valence-corrected chi connectivity index (χ4v) is 0.736. The zero-order chi connectivity index (χ0) is 12.9. The summed E-state index contributed by atoms with van der Waals surface area (Å²) in [6.07, 6.45) is -5.08. The first-order valence-corrected chi connectivity index (χ1v) is 4.22. The number of halogens is 4. The van der Waals surface area contributed by atoms with Crippen molar-refractivity contribution < 1.29 is 37.4 Å². The maximum absolute atomic E-state index is 10.6. The van der Waals surface area contributed by atoms with Crippen molar-refractivity contribution in [1.82, 2.24) is 0 Å². The van der Waals surface area contributed by atoms with Crippen LogP contribution in [0.3, 0.4) is 0 Å². The van der Waals surface area contributed by atoms with E-state index in [1.807, 2.05) is 0 Å². The molecule has 0 fully saturated rings. The number of aromatic carboxylic acids is 1. The normalized spacial score (nSPS) is 10.2. The zero-order valence-electron chi connectivity index (χ0n) is 7.29. The maximum Gasteiger partial charge on any atom is 0.490 e. The molecule has 1 aromatic rings. The minimum atomic E-state index is -5.08. The summed E-state index contributed by atoms with van der Waals surface area (Å²) in [5, 5.41) is 15.4. The van der Waals surface area contributed by atoms with Gasteiger partial charge in [-0.2, -0.15) is 13.2 Å². The van der Waals surface area contributed by atoms with Gasteiger partial charge in [-0.15, -0.1) is 0 Å². The van der Waals surface area contributed by atoms with Crippen molar-refractivity contribution in [3.05, 3.63) is 22.6 Å². The van der Waals surface area contributed by atoms with E-state index in [1.165, 1.54) is 12.1 Å². The molecule has 0 atom stereocenters. The molecule has 9 heteroatoms. The lowest BCUT2D eigenvalue weighted by Crippen LogP contribution is -2.21. The van der Waals surface area contributed by atoms with Crippen LogP contribution in [0.15, 0.2) is 21.2 Å². The van der Waals surface area contributed by atoms with Crippen LogP contribution in [0.4, 0.5) is 13.2 Å². The van der Waals surface area contributed by atoms with Gasteiger partial charge in [0.05, 0.1) is 0 Å². The molecule has 0 aliphatic heterocycles. The summed E-state index contributed by atoms with van der Waals surface area (Å²) in [7, 11) is 0. The van der Waals surface area contributed by atoms with Crippen molar-refractivity contribution >= 4 is 27.9 Å². The molecule has 1 rings (SSSR count). The molecule has 0 saturated carbocycles. The van der Waals surface area contributed by atoms with Crippen LogP contribution >= 0.6 is 15.9 Å². The van der Waals surface area contributed by atoms with Gasteiger partial charge in [-0.1, -0.05) is 0 Å². The number of rotatable bonds is 1. The molecule has 0 bridgehead atoms. The van der Waals surface area contributed by atoms with E-state index in [9.17, 15) is 18.0 Å². The van der Waals surface area contributed by atoms with E-state index in [2.05, 4.69) is 20.3 Å². The largest absolute Gasteiger partial charge is 0.490 e. The minimum Gasteiger partial charge on any atom is -0.475 e. The van der Waals surface area contributed by atoms with Crippen LogP contribution in [-0.4, -0.2) is 28.3 Å². The van der Waals surface area contributed by atoms with Gasteiger partial charge >= 0.3 is 18.1 Å². The molecule has 2 N–H and O–H groups in total. The fourth-order valence-electron chi connectivity index (χ4n) is 0.429. The molecule has 1 heterocycles. The van der Waals surface area contributed by atoms with Crippen LogP contribution in [0.2, 0.25) is 0 Å². The molecular formula is C7H4BrF3O5. The Labute approximate surface area is 94.6 Å². The number of aliphatic carboxylic acids is 1.